The Labute approximate surface area is 146 Å². The maximum Gasteiger partial charge on any atom is 0.119 e. The lowest BCUT2D eigenvalue weighted by atomic mass is 10.0. The molecule has 0 heterocycles. The van der Waals surface area contributed by atoms with Crippen molar-refractivity contribution >= 4 is 0 Å². The molecule has 2 atom stereocenters. The second-order valence-electron chi connectivity index (χ2n) is 5.76. The number of aliphatic hydroxyl groups excluding tert-OH is 4. The Morgan fingerprint density at radius 2 is 1.00 bits per heavy atom. The molecule has 0 fully saturated rings. The molecule has 2 rings (SSSR count). The lowest BCUT2D eigenvalue weighted by Crippen LogP contribution is -2.21. The summed E-state index contributed by atoms with van der Waals surface area (Å²) in [6.07, 6.45) is -1.00. The molecule has 0 aliphatic rings. The van der Waals surface area contributed by atoms with Crippen LogP contribution < -0.4 is 9.47 Å². The summed E-state index contributed by atoms with van der Waals surface area (Å²) in [6.45, 7) is -0.530. The summed E-state index contributed by atoms with van der Waals surface area (Å²) in [5.41, 5.74) is 2.22. The molecular formula is C19H24O6. The van der Waals surface area contributed by atoms with Crippen molar-refractivity contribution < 1.29 is 29.9 Å². The van der Waals surface area contributed by atoms with E-state index >= 15 is 0 Å². The molecule has 25 heavy (non-hydrogen) atoms. The highest BCUT2D eigenvalue weighted by Gasteiger charge is 2.05. The van der Waals surface area contributed by atoms with Gasteiger partial charge in [0.05, 0.1) is 13.2 Å². The third kappa shape index (κ3) is 6.72. The van der Waals surface area contributed by atoms with Crippen molar-refractivity contribution in [2.75, 3.05) is 26.4 Å². The Hall–Kier alpha value is -2.12. The largest absolute Gasteiger partial charge is 0.491 e. The summed E-state index contributed by atoms with van der Waals surface area (Å²) in [6, 6.07) is 15.1. The number of aliphatic hydroxyl groups is 4. The van der Waals surface area contributed by atoms with E-state index in [1.54, 1.807) is 0 Å². The van der Waals surface area contributed by atoms with E-state index in [9.17, 15) is 10.2 Å². The van der Waals surface area contributed by atoms with Gasteiger partial charge in [0.2, 0.25) is 0 Å². The Balaban J connectivity index is 1.85. The fourth-order valence-electron chi connectivity index (χ4n) is 2.13. The zero-order valence-electron chi connectivity index (χ0n) is 13.9. The van der Waals surface area contributed by atoms with Crippen molar-refractivity contribution in [2.45, 2.75) is 18.6 Å². The average Bonchev–Trinajstić information content (AvgIpc) is 2.66. The van der Waals surface area contributed by atoms with E-state index in [2.05, 4.69) is 0 Å². The van der Waals surface area contributed by atoms with Crippen LogP contribution in [0.3, 0.4) is 0 Å². The summed E-state index contributed by atoms with van der Waals surface area (Å²) >= 11 is 0. The van der Waals surface area contributed by atoms with Crippen molar-refractivity contribution in [1.29, 1.82) is 0 Å². The van der Waals surface area contributed by atoms with Crippen LogP contribution in [0.25, 0.3) is 0 Å². The normalized spacial score (nSPS) is 13.3. The zero-order chi connectivity index (χ0) is 18.1. The predicted molar refractivity (Wildman–Crippen MR) is 92.9 cm³/mol. The quantitative estimate of drug-likeness (QED) is 0.505. The van der Waals surface area contributed by atoms with Gasteiger partial charge in [-0.3, -0.25) is 0 Å². The number of hydrogen-bond acceptors (Lipinski definition) is 6. The summed E-state index contributed by atoms with van der Waals surface area (Å²) in [5, 5.41) is 36.0. The highest BCUT2D eigenvalue weighted by Crippen LogP contribution is 2.18. The van der Waals surface area contributed by atoms with Gasteiger partial charge in [-0.1, -0.05) is 24.3 Å². The maximum absolute atomic E-state index is 9.26. The minimum absolute atomic E-state index is 0.0578. The molecule has 2 aromatic carbocycles. The number of benzene rings is 2. The molecule has 0 saturated carbocycles. The van der Waals surface area contributed by atoms with Gasteiger partial charge in [-0.15, -0.1) is 0 Å². The van der Waals surface area contributed by atoms with Crippen molar-refractivity contribution in [1.82, 2.24) is 0 Å². The number of hydrogen-bond donors (Lipinski definition) is 4. The molecule has 0 bridgehead atoms. The van der Waals surface area contributed by atoms with Gasteiger partial charge in [0.1, 0.15) is 36.9 Å². The van der Waals surface area contributed by atoms with Crippen LogP contribution in [0.2, 0.25) is 0 Å². The monoisotopic (exact) mass is 348 g/mol. The Bertz CT molecular complexity index is 555. The fourth-order valence-corrected chi connectivity index (χ4v) is 2.13. The lowest BCUT2D eigenvalue weighted by Gasteiger charge is -2.11. The Morgan fingerprint density at radius 1 is 0.640 bits per heavy atom. The van der Waals surface area contributed by atoms with Gasteiger partial charge < -0.3 is 29.9 Å². The number of rotatable bonds is 10. The van der Waals surface area contributed by atoms with E-state index in [-0.39, 0.29) is 26.4 Å². The molecule has 0 unspecified atom stereocenters. The molecule has 6 nitrogen and oxygen atoms in total. The SMILES string of the molecule is OC[C@@H](O)COc1ccc(Cc2ccc(OC[C@H](O)CO)cc2)cc1. The van der Waals surface area contributed by atoms with Gasteiger partial charge in [0.15, 0.2) is 0 Å². The van der Waals surface area contributed by atoms with Gasteiger partial charge in [0.25, 0.3) is 0 Å². The summed E-state index contributed by atoms with van der Waals surface area (Å²) < 4.78 is 10.7. The highest BCUT2D eigenvalue weighted by molar-refractivity contribution is 5.34. The van der Waals surface area contributed by atoms with Crippen LogP contribution in [-0.4, -0.2) is 59.1 Å². The fraction of sp³-hybridized carbons (Fsp3) is 0.368. The van der Waals surface area contributed by atoms with E-state index in [0.29, 0.717) is 11.5 Å². The van der Waals surface area contributed by atoms with Crippen molar-refractivity contribution in [3.8, 4) is 11.5 Å². The molecule has 0 aromatic heterocycles. The first kappa shape index (κ1) is 19.2. The summed E-state index contributed by atoms with van der Waals surface area (Å²) in [4.78, 5) is 0. The lowest BCUT2D eigenvalue weighted by molar-refractivity contribution is 0.0536. The topological polar surface area (TPSA) is 99.4 Å². The summed E-state index contributed by atoms with van der Waals surface area (Å²) in [7, 11) is 0. The molecule has 0 amide bonds. The van der Waals surface area contributed by atoms with Crippen molar-refractivity contribution in [3.63, 3.8) is 0 Å². The van der Waals surface area contributed by atoms with Gasteiger partial charge in [0, 0.05) is 0 Å². The minimum Gasteiger partial charge on any atom is -0.491 e. The van der Waals surface area contributed by atoms with Gasteiger partial charge >= 0.3 is 0 Å². The van der Waals surface area contributed by atoms with E-state index < -0.39 is 12.2 Å². The second kappa shape index (κ2) is 10.0. The maximum atomic E-state index is 9.26. The van der Waals surface area contributed by atoms with Crippen LogP contribution in [0, 0.1) is 0 Å². The van der Waals surface area contributed by atoms with Crippen LogP contribution in [-0.2, 0) is 6.42 Å². The summed E-state index contributed by atoms with van der Waals surface area (Å²) in [5.74, 6) is 1.28. The van der Waals surface area contributed by atoms with Crippen molar-refractivity contribution in [3.05, 3.63) is 59.7 Å². The minimum atomic E-state index is -0.876. The first-order valence-electron chi connectivity index (χ1n) is 8.12. The van der Waals surface area contributed by atoms with E-state index in [0.717, 1.165) is 17.5 Å². The van der Waals surface area contributed by atoms with Crippen molar-refractivity contribution in [2.24, 2.45) is 0 Å². The van der Waals surface area contributed by atoms with Crippen LogP contribution in [0.4, 0.5) is 0 Å². The highest BCUT2D eigenvalue weighted by atomic mass is 16.5. The van der Waals surface area contributed by atoms with Crippen LogP contribution in [0.1, 0.15) is 11.1 Å². The Morgan fingerprint density at radius 3 is 1.32 bits per heavy atom. The molecule has 2 aromatic rings. The van der Waals surface area contributed by atoms with E-state index in [1.807, 2.05) is 48.5 Å². The second-order valence-corrected chi connectivity index (χ2v) is 5.76. The van der Waals surface area contributed by atoms with Gasteiger partial charge in [-0.05, 0) is 41.8 Å². The molecule has 6 heteroatoms. The molecule has 0 radical (unpaired) electrons. The third-order valence-electron chi connectivity index (χ3n) is 3.56. The van der Waals surface area contributed by atoms with Crippen LogP contribution in [0.15, 0.2) is 48.5 Å². The predicted octanol–water partition coefficient (Wildman–Crippen LogP) is 0.741. The van der Waals surface area contributed by atoms with Crippen LogP contribution >= 0.6 is 0 Å². The molecular weight excluding hydrogens is 324 g/mol. The molecule has 4 N–H and O–H groups in total. The molecule has 136 valence electrons. The molecule has 0 aliphatic heterocycles. The molecule has 0 spiro atoms. The van der Waals surface area contributed by atoms with Gasteiger partial charge in [-0.2, -0.15) is 0 Å². The van der Waals surface area contributed by atoms with E-state index in [4.69, 9.17) is 19.7 Å². The average molecular weight is 348 g/mol. The standard InChI is InChI=1S/C19H24O6/c20-10-16(22)12-24-18-5-1-14(2-6-18)9-15-3-7-19(8-4-15)25-13-17(23)11-21/h1-8,16-17,20-23H,9-13H2/t16-,17-/m1/s1. The van der Waals surface area contributed by atoms with E-state index in [1.165, 1.54) is 0 Å². The molecule has 0 saturated heterocycles. The first-order chi connectivity index (χ1) is 12.1. The third-order valence-corrected chi connectivity index (χ3v) is 3.56. The first-order valence-corrected chi connectivity index (χ1v) is 8.12. The smallest absolute Gasteiger partial charge is 0.119 e. The van der Waals surface area contributed by atoms with Crippen LogP contribution in [0.5, 0.6) is 11.5 Å². The van der Waals surface area contributed by atoms with Gasteiger partial charge in [-0.25, -0.2) is 0 Å². The zero-order valence-corrected chi connectivity index (χ0v) is 13.9. The molecule has 0 aliphatic carbocycles. The Kier molecular flexibility index (Phi) is 7.69. The number of ether oxygens (including phenoxy) is 2.